The average molecular weight is 244 g/mol. The average Bonchev–Trinajstić information content (AvgIpc) is 2.32. The Morgan fingerprint density at radius 3 is 2.94 bits per heavy atom. The Morgan fingerprint density at radius 2 is 2.31 bits per heavy atom. The lowest BCUT2D eigenvalue weighted by Crippen LogP contribution is -2.28. The molecular weight excluding hydrogens is 229 g/mol. The van der Waals surface area contributed by atoms with Crippen molar-refractivity contribution in [3.05, 3.63) is 28.0 Å². The molecule has 1 fully saturated rings. The molecule has 2 N–H and O–H groups in total. The zero-order valence-electron chi connectivity index (χ0n) is 9.19. The lowest BCUT2D eigenvalue weighted by molar-refractivity contribution is 0.408. The molecule has 1 aromatic carbocycles. The first kappa shape index (κ1) is 11.7. The van der Waals surface area contributed by atoms with Crippen molar-refractivity contribution >= 4 is 11.6 Å². The van der Waals surface area contributed by atoms with E-state index in [4.69, 9.17) is 11.6 Å². The largest absolute Gasteiger partial charge is 0.504 e. The molecular formula is C12H15ClFNO. The van der Waals surface area contributed by atoms with Gasteiger partial charge in [-0.1, -0.05) is 17.7 Å². The van der Waals surface area contributed by atoms with Crippen LogP contribution in [0, 0.1) is 12.7 Å². The lowest BCUT2D eigenvalue weighted by Gasteiger charge is -2.24. The van der Waals surface area contributed by atoms with E-state index in [1.54, 1.807) is 13.0 Å². The monoisotopic (exact) mass is 243 g/mol. The van der Waals surface area contributed by atoms with E-state index in [0.717, 1.165) is 31.5 Å². The number of hydrogen-bond donors (Lipinski definition) is 2. The summed E-state index contributed by atoms with van der Waals surface area (Å²) in [5, 5.41) is 12.9. The molecule has 1 aliphatic rings. The SMILES string of the molecule is Cc1cc(C2CCCNC2)c(F)c(O)c1Cl. The second-order valence-corrected chi connectivity index (χ2v) is 4.68. The fraction of sp³-hybridized carbons (Fsp3) is 0.500. The van der Waals surface area contributed by atoms with Crippen molar-refractivity contribution in [1.29, 1.82) is 0 Å². The predicted octanol–water partition coefficient (Wildman–Crippen LogP) is 2.96. The van der Waals surface area contributed by atoms with E-state index in [-0.39, 0.29) is 10.9 Å². The molecule has 1 heterocycles. The van der Waals surface area contributed by atoms with Crippen molar-refractivity contribution in [2.45, 2.75) is 25.7 Å². The standard InChI is InChI=1S/C12H15ClFNO/c1-7-5-9(8-3-2-4-15-6-8)11(14)12(16)10(7)13/h5,8,15-16H,2-4,6H2,1H3. The van der Waals surface area contributed by atoms with E-state index in [9.17, 15) is 9.50 Å². The summed E-state index contributed by atoms with van der Waals surface area (Å²) in [4.78, 5) is 0. The Morgan fingerprint density at radius 1 is 1.56 bits per heavy atom. The zero-order valence-corrected chi connectivity index (χ0v) is 9.94. The molecule has 0 aliphatic carbocycles. The van der Waals surface area contributed by atoms with Crippen LogP contribution in [0.5, 0.6) is 5.75 Å². The molecule has 0 amide bonds. The van der Waals surface area contributed by atoms with Gasteiger partial charge in [-0.15, -0.1) is 0 Å². The van der Waals surface area contributed by atoms with Gasteiger partial charge >= 0.3 is 0 Å². The molecule has 4 heteroatoms. The summed E-state index contributed by atoms with van der Waals surface area (Å²) in [5.41, 5.74) is 1.30. The van der Waals surface area contributed by atoms with Crippen LogP contribution < -0.4 is 5.32 Å². The van der Waals surface area contributed by atoms with Crippen LogP contribution in [0.1, 0.15) is 29.9 Å². The first-order valence-corrected chi connectivity index (χ1v) is 5.87. The summed E-state index contributed by atoms with van der Waals surface area (Å²) in [5.74, 6) is -0.845. The van der Waals surface area contributed by atoms with Crippen molar-refractivity contribution in [2.24, 2.45) is 0 Å². The highest BCUT2D eigenvalue weighted by molar-refractivity contribution is 6.32. The molecule has 0 spiro atoms. The van der Waals surface area contributed by atoms with Crippen LogP contribution in [0.25, 0.3) is 0 Å². The molecule has 1 aromatic rings. The highest BCUT2D eigenvalue weighted by Crippen LogP contribution is 2.36. The van der Waals surface area contributed by atoms with E-state index in [1.807, 2.05) is 0 Å². The number of phenols is 1. The minimum atomic E-state index is -0.565. The van der Waals surface area contributed by atoms with Crippen LogP contribution in [-0.4, -0.2) is 18.2 Å². The highest BCUT2D eigenvalue weighted by Gasteiger charge is 2.22. The van der Waals surface area contributed by atoms with Gasteiger partial charge in [0, 0.05) is 6.54 Å². The van der Waals surface area contributed by atoms with Crippen molar-refractivity contribution < 1.29 is 9.50 Å². The van der Waals surface area contributed by atoms with Gasteiger partial charge < -0.3 is 10.4 Å². The normalized spacial score (nSPS) is 21.1. The third-order valence-corrected chi connectivity index (χ3v) is 3.60. The minimum absolute atomic E-state index is 0.116. The molecule has 2 rings (SSSR count). The Bertz CT molecular complexity index is 402. The highest BCUT2D eigenvalue weighted by atomic mass is 35.5. The fourth-order valence-electron chi connectivity index (χ4n) is 2.19. The van der Waals surface area contributed by atoms with Gasteiger partial charge in [0.15, 0.2) is 11.6 Å². The number of aryl methyl sites for hydroxylation is 1. The summed E-state index contributed by atoms with van der Waals surface area (Å²) in [6, 6.07) is 1.75. The Kier molecular flexibility index (Phi) is 3.36. The summed E-state index contributed by atoms with van der Waals surface area (Å²) >= 11 is 5.79. The fourth-order valence-corrected chi connectivity index (χ4v) is 2.33. The van der Waals surface area contributed by atoms with Crippen molar-refractivity contribution in [1.82, 2.24) is 5.32 Å². The second-order valence-electron chi connectivity index (χ2n) is 4.30. The molecule has 1 atom stereocenters. The van der Waals surface area contributed by atoms with Crippen LogP contribution in [0.3, 0.4) is 0 Å². The van der Waals surface area contributed by atoms with Gasteiger partial charge in [-0.2, -0.15) is 0 Å². The van der Waals surface area contributed by atoms with Crippen molar-refractivity contribution in [2.75, 3.05) is 13.1 Å². The maximum atomic E-state index is 13.9. The molecule has 16 heavy (non-hydrogen) atoms. The lowest BCUT2D eigenvalue weighted by atomic mass is 9.90. The van der Waals surface area contributed by atoms with E-state index < -0.39 is 11.6 Å². The quantitative estimate of drug-likeness (QED) is 0.795. The second kappa shape index (κ2) is 4.60. The van der Waals surface area contributed by atoms with Crippen LogP contribution in [0.2, 0.25) is 5.02 Å². The Balaban J connectivity index is 2.40. The zero-order chi connectivity index (χ0) is 11.7. The van der Waals surface area contributed by atoms with E-state index in [0.29, 0.717) is 5.56 Å². The van der Waals surface area contributed by atoms with Gasteiger partial charge in [-0.05, 0) is 43.4 Å². The third-order valence-electron chi connectivity index (χ3n) is 3.12. The summed E-state index contributed by atoms with van der Waals surface area (Å²) in [6.45, 7) is 3.52. The van der Waals surface area contributed by atoms with E-state index >= 15 is 0 Å². The van der Waals surface area contributed by atoms with Crippen LogP contribution in [-0.2, 0) is 0 Å². The van der Waals surface area contributed by atoms with Crippen molar-refractivity contribution in [3.8, 4) is 5.75 Å². The first-order chi connectivity index (χ1) is 7.61. The predicted molar refractivity (Wildman–Crippen MR) is 62.7 cm³/mol. The van der Waals surface area contributed by atoms with Gasteiger partial charge in [0.05, 0.1) is 5.02 Å². The number of hydrogen-bond acceptors (Lipinski definition) is 2. The smallest absolute Gasteiger partial charge is 0.170 e. The van der Waals surface area contributed by atoms with Gasteiger partial charge in [0.1, 0.15) is 0 Å². The van der Waals surface area contributed by atoms with Gasteiger partial charge in [-0.3, -0.25) is 0 Å². The molecule has 1 aliphatic heterocycles. The molecule has 88 valence electrons. The number of nitrogens with one attached hydrogen (secondary N) is 1. The molecule has 0 saturated carbocycles. The topological polar surface area (TPSA) is 32.3 Å². The molecule has 1 saturated heterocycles. The van der Waals surface area contributed by atoms with Gasteiger partial charge in [0.2, 0.25) is 0 Å². The molecule has 0 aromatic heterocycles. The number of benzene rings is 1. The number of piperidine rings is 1. The molecule has 0 bridgehead atoms. The summed E-state index contributed by atoms with van der Waals surface area (Å²) in [6.07, 6.45) is 1.98. The number of aromatic hydroxyl groups is 1. The molecule has 1 unspecified atom stereocenters. The Hall–Kier alpha value is -0.800. The maximum absolute atomic E-state index is 13.9. The summed E-state index contributed by atoms with van der Waals surface area (Å²) in [7, 11) is 0. The van der Waals surface area contributed by atoms with E-state index in [1.165, 1.54) is 0 Å². The third kappa shape index (κ3) is 2.02. The number of rotatable bonds is 1. The molecule has 0 radical (unpaired) electrons. The summed E-state index contributed by atoms with van der Waals surface area (Å²) < 4.78 is 13.9. The maximum Gasteiger partial charge on any atom is 0.170 e. The van der Waals surface area contributed by atoms with Gasteiger partial charge in [0.25, 0.3) is 0 Å². The molecule has 2 nitrogen and oxygen atoms in total. The van der Waals surface area contributed by atoms with Crippen molar-refractivity contribution in [3.63, 3.8) is 0 Å². The van der Waals surface area contributed by atoms with Crippen LogP contribution in [0.4, 0.5) is 4.39 Å². The Labute approximate surface area is 99.4 Å². The number of phenolic OH excluding ortho intramolecular Hbond substituents is 1. The van der Waals surface area contributed by atoms with Crippen LogP contribution >= 0.6 is 11.6 Å². The van der Waals surface area contributed by atoms with Crippen LogP contribution in [0.15, 0.2) is 6.07 Å². The number of halogens is 2. The van der Waals surface area contributed by atoms with Gasteiger partial charge in [-0.25, -0.2) is 4.39 Å². The minimum Gasteiger partial charge on any atom is -0.504 e. The van der Waals surface area contributed by atoms with E-state index in [2.05, 4.69) is 5.32 Å². The first-order valence-electron chi connectivity index (χ1n) is 5.49.